The minimum absolute atomic E-state index is 0.309. The van der Waals surface area contributed by atoms with Gasteiger partial charge in [0.05, 0.1) is 12.2 Å². The number of ether oxygens (including phenoxy) is 1. The first-order valence-corrected chi connectivity index (χ1v) is 7.32. The number of nitro groups is 1. The first-order chi connectivity index (χ1) is 12.0. The van der Waals surface area contributed by atoms with Crippen LogP contribution in [0.1, 0.15) is 5.56 Å². The summed E-state index contributed by atoms with van der Waals surface area (Å²) in [4.78, 5) is 16.4. The van der Waals surface area contributed by atoms with Crippen LogP contribution < -0.4 is 10.2 Å². The molecular formula is C16H15N5O4. The van der Waals surface area contributed by atoms with Crippen LogP contribution in [-0.2, 0) is 0 Å². The second kappa shape index (κ2) is 6.48. The van der Waals surface area contributed by atoms with E-state index in [1.807, 2.05) is 13.0 Å². The van der Waals surface area contributed by atoms with Gasteiger partial charge in [0, 0.05) is 0 Å². The second-order valence-corrected chi connectivity index (χ2v) is 5.21. The van der Waals surface area contributed by atoms with E-state index in [4.69, 9.17) is 4.74 Å². The Balaban J connectivity index is 2.26. The SMILES string of the molecule is COc1ccccc1N=c1c([N+](=O)[O-])nn(-c2cccc(C)c2)n1O. The lowest BCUT2D eigenvalue weighted by Crippen LogP contribution is -2.22. The van der Waals surface area contributed by atoms with E-state index in [9.17, 15) is 15.3 Å². The van der Waals surface area contributed by atoms with Crippen molar-refractivity contribution in [3.8, 4) is 11.4 Å². The Morgan fingerprint density at radius 1 is 1.24 bits per heavy atom. The summed E-state index contributed by atoms with van der Waals surface area (Å²) in [6.45, 7) is 1.86. The lowest BCUT2D eigenvalue weighted by atomic mass is 10.2. The molecule has 1 N–H and O–H groups in total. The van der Waals surface area contributed by atoms with E-state index in [1.165, 1.54) is 7.11 Å². The molecule has 0 spiro atoms. The number of methoxy groups -OCH3 is 1. The number of aryl methyl sites for hydroxylation is 1. The summed E-state index contributed by atoms with van der Waals surface area (Å²) in [5, 5.41) is 25.6. The maximum Gasteiger partial charge on any atom is 0.438 e. The molecule has 128 valence electrons. The molecule has 0 amide bonds. The Labute approximate surface area is 142 Å². The predicted molar refractivity (Wildman–Crippen MR) is 88.3 cm³/mol. The van der Waals surface area contributed by atoms with Crippen molar-refractivity contribution in [2.75, 3.05) is 7.11 Å². The quantitative estimate of drug-likeness (QED) is 0.445. The summed E-state index contributed by atoms with van der Waals surface area (Å²) < 4.78 is 5.18. The van der Waals surface area contributed by atoms with Crippen LogP contribution >= 0.6 is 0 Å². The van der Waals surface area contributed by atoms with Gasteiger partial charge in [0.2, 0.25) is 0 Å². The second-order valence-electron chi connectivity index (χ2n) is 5.21. The third-order valence-electron chi connectivity index (χ3n) is 3.48. The molecule has 25 heavy (non-hydrogen) atoms. The fraction of sp³-hybridized carbons (Fsp3) is 0.125. The molecule has 0 unspecified atom stereocenters. The van der Waals surface area contributed by atoms with Crippen LogP contribution in [0, 0.1) is 17.0 Å². The van der Waals surface area contributed by atoms with E-state index in [0.29, 0.717) is 22.0 Å². The molecule has 0 saturated carbocycles. The van der Waals surface area contributed by atoms with E-state index < -0.39 is 10.7 Å². The molecule has 0 saturated heterocycles. The van der Waals surface area contributed by atoms with Gasteiger partial charge in [-0.15, -0.1) is 0 Å². The van der Waals surface area contributed by atoms with E-state index in [1.54, 1.807) is 42.5 Å². The van der Waals surface area contributed by atoms with Crippen LogP contribution in [0.2, 0.25) is 0 Å². The Morgan fingerprint density at radius 3 is 2.68 bits per heavy atom. The van der Waals surface area contributed by atoms with Crippen molar-refractivity contribution >= 4 is 11.5 Å². The van der Waals surface area contributed by atoms with Crippen LogP contribution in [0.15, 0.2) is 53.5 Å². The molecule has 1 aromatic heterocycles. The van der Waals surface area contributed by atoms with Crippen molar-refractivity contribution in [3.63, 3.8) is 0 Å². The van der Waals surface area contributed by atoms with Crippen LogP contribution in [0.3, 0.4) is 0 Å². The molecule has 0 atom stereocenters. The van der Waals surface area contributed by atoms with Gasteiger partial charge in [-0.05, 0) is 46.5 Å². The molecule has 0 aliphatic carbocycles. The highest BCUT2D eigenvalue weighted by Gasteiger charge is 2.24. The largest absolute Gasteiger partial charge is 0.494 e. The summed E-state index contributed by atoms with van der Waals surface area (Å²) in [5.74, 6) is -0.157. The fourth-order valence-electron chi connectivity index (χ4n) is 2.32. The van der Waals surface area contributed by atoms with Gasteiger partial charge >= 0.3 is 5.82 Å². The predicted octanol–water partition coefficient (Wildman–Crippen LogP) is 2.37. The Hall–Kier alpha value is -3.62. The average molecular weight is 341 g/mol. The molecule has 3 aromatic rings. The molecule has 0 aliphatic rings. The maximum absolute atomic E-state index is 11.3. The zero-order valence-corrected chi connectivity index (χ0v) is 13.5. The van der Waals surface area contributed by atoms with Gasteiger partial charge in [-0.3, -0.25) is 0 Å². The van der Waals surface area contributed by atoms with Crippen molar-refractivity contribution < 1.29 is 14.9 Å². The van der Waals surface area contributed by atoms with Gasteiger partial charge in [-0.25, -0.2) is 4.99 Å². The molecule has 3 rings (SSSR count). The van der Waals surface area contributed by atoms with Crippen LogP contribution in [0.5, 0.6) is 5.75 Å². The van der Waals surface area contributed by atoms with E-state index >= 15 is 0 Å². The van der Waals surface area contributed by atoms with Gasteiger partial charge in [0.15, 0.2) is 0 Å². The number of hydrogen-bond acceptors (Lipinski definition) is 6. The van der Waals surface area contributed by atoms with Crippen molar-refractivity contribution in [1.29, 1.82) is 0 Å². The number of para-hydroxylation sites is 2. The van der Waals surface area contributed by atoms with Crippen molar-refractivity contribution in [2.45, 2.75) is 6.92 Å². The number of nitrogens with zero attached hydrogens (tertiary/aromatic N) is 5. The number of rotatable bonds is 4. The highest BCUT2D eigenvalue weighted by molar-refractivity contribution is 5.51. The highest BCUT2D eigenvalue weighted by atomic mass is 16.6. The number of aromatic nitrogens is 3. The van der Waals surface area contributed by atoms with Gasteiger partial charge in [0.25, 0.3) is 5.49 Å². The van der Waals surface area contributed by atoms with Crippen LogP contribution in [-0.4, -0.2) is 32.0 Å². The highest BCUT2D eigenvalue weighted by Crippen LogP contribution is 2.25. The summed E-state index contributed by atoms with van der Waals surface area (Å²) in [6.07, 6.45) is 0. The van der Waals surface area contributed by atoms with Crippen LogP contribution in [0.4, 0.5) is 11.5 Å². The first kappa shape index (κ1) is 16.2. The standard InChI is InChI=1S/C16H15N5O4/c1-11-6-5-7-12(10-11)19-18-16(21(23)24)15(20(19)22)17-13-8-3-4-9-14(13)25-2/h3-10,22H,1-2H3. The zero-order chi connectivity index (χ0) is 18.0. The molecule has 9 nitrogen and oxygen atoms in total. The van der Waals surface area contributed by atoms with Gasteiger partial charge in [-0.2, -0.15) is 0 Å². The zero-order valence-electron chi connectivity index (χ0n) is 13.5. The minimum Gasteiger partial charge on any atom is -0.494 e. The van der Waals surface area contributed by atoms with Gasteiger partial charge in [-0.1, -0.05) is 29.1 Å². The number of benzene rings is 2. The Kier molecular flexibility index (Phi) is 4.21. The molecule has 2 aromatic carbocycles. The smallest absolute Gasteiger partial charge is 0.438 e. The third kappa shape index (κ3) is 3.07. The summed E-state index contributed by atoms with van der Waals surface area (Å²) in [6, 6.07) is 13.8. The monoisotopic (exact) mass is 341 g/mol. The molecule has 0 radical (unpaired) electrons. The van der Waals surface area contributed by atoms with E-state index in [2.05, 4.69) is 10.1 Å². The lowest BCUT2D eigenvalue weighted by Gasteiger charge is -2.03. The molecule has 9 heteroatoms. The maximum atomic E-state index is 11.3. The van der Waals surface area contributed by atoms with Crippen molar-refractivity contribution in [3.05, 3.63) is 69.7 Å². The Bertz CT molecular complexity index is 1010. The van der Waals surface area contributed by atoms with Crippen molar-refractivity contribution in [1.82, 2.24) is 14.7 Å². The summed E-state index contributed by atoms with van der Waals surface area (Å²) in [7, 11) is 1.46. The summed E-state index contributed by atoms with van der Waals surface area (Å²) in [5.41, 5.74) is 1.40. The lowest BCUT2D eigenvalue weighted by molar-refractivity contribution is -0.391. The molecule has 1 heterocycles. The number of hydrogen-bond donors (Lipinski definition) is 1. The van der Waals surface area contributed by atoms with Crippen molar-refractivity contribution in [2.24, 2.45) is 4.99 Å². The minimum atomic E-state index is -0.701. The first-order valence-electron chi connectivity index (χ1n) is 7.32. The molecule has 0 bridgehead atoms. The summed E-state index contributed by atoms with van der Waals surface area (Å²) >= 11 is 0. The van der Waals surface area contributed by atoms with Gasteiger partial charge < -0.3 is 20.1 Å². The average Bonchev–Trinajstić information content (AvgIpc) is 2.92. The fourth-order valence-corrected chi connectivity index (χ4v) is 2.32. The van der Waals surface area contributed by atoms with E-state index in [0.717, 1.165) is 10.4 Å². The van der Waals surface area contributed by atoms with E-state index in [-0.39, 0.29) is 5.49 Å². The van der Waals surface area contributed by atoms with Crippen LogP contribution in [0.25, 0.3) is 5.69 Å². The third-order valence-corrected chi connectivity index (χ3v) is 3.48. The molecule has 0 aliphatic heterocycles. The topological polar surface area (TPSA) is 108 Å². The molecular weight excluding hydrogens is 326 g/mol. The van der Waals surface area contributed by atoms with Gasteiger partial charge in [0.1, 0.15) is 17.1 Å². The Morgan fingerprint density at radius 2 is 2.00 bits per heavy atom. The molecule has 0 fully saturated rings. The normalized spacial score (nSPS) is 11.5.